The van der Waals surface area contributed by atoms with E-state index < -0.39 is 60.0 Å². The van der Waals surface area contributed by atoms with Gasteiger partial charge in [-0.05, 0) is 26.8 Å². The van der Waals surface area contributed by atoms with Crippen LogP contribution >= 0.6 is 23.1 Å². The Morgan fingerprint density at radius 2 is 2.03 bits per heavy atom. The number of hydrogen-bond donors (Lipinski definition) is 2. The number of β-lactam (4-membered cyclic amide) rings is 1. The average molecular weight is 527 g/mol. The molecule has 2 aliphatic rings. The Balaban J connectivity index is 1.62. The van der Waals surface area contributed by atoms with Gasteiger partial charge in [0.05, 0.1) is 10.9 Å². The summed E-state index contributed by atoms with van der Waals surface area (Å²) in [5.74, 6) is -3.68. The number of carboxylic acids is 1. The normalized spacial score (nSPS) is 19.6. The highest BCUT2D eigenvalue weighted by molar-refractivity contribution is 8.00. The second-order valence-electron chi connectivity index (χ2n) is 8.18. The summed E-state index contributed by atoms with van der Waals surface area (Å²) >= 11 is 2.49. The second kappa shape index (κ2) is 10.9. The molecule has 0 radical (unpaired) electrons. The minimum Gasteiger partial charge on any atom is -0.479 e. The number of nitrogens with one attached hydrogen (secondary N) is 1. The van der Waals surface area contributed by atoms with Crippen LogP contribution in [0.4, 0.5) is 0 Å². The van der Waals surface area contributed by atoms with E-state index in [1.807, 2.05) is 0 Å². The Kier molecular flexibility index (Phi) is 8.11. The van der Waals surface area contributed by atoms with E-state index in [0.29, 0.717) is 5.75 Å². The van der Waals surface area contributed by atoms with Crippen LogP contribution in [0.3, 0.4) is 0 Å². The summed E-state index contributed by atoms with van der Waals surface area (Å²) < 4.78 is 9.90. The fourth-order valence-corrected chi connectivity index (χ4v) is 4.58. The number of amides is 2. The molecule has 35 heavy (non-hydrogen) atoms. The first-order valence-electron chi connectivity index (χ1n) is 10.1. The summed E-state index contributed by atoms with van der Waals surface area (Å²) in [5, 5.41) is 15.7. The Bertz CT molecular complexity index is 1080. The van der Waals surface area contributed by atoms with Crippen LogP contribution in [0.5, 0.6) is 0 Å². The minimum atomic E-state index is -1.28. The Morgan fingerprint density at radius 3 is 2.66 bits per heavy atom. The maximum Gasteiger partial charge on any atom is 0.357 e. The largest absolute Gasteiger partial charge is 0.479 e. The van der Waals surface area contributed by atoms with Crippen LogP contribution in [0.15, 0.2) is 27.8 Å². The molecule has 188 valence electrons. The van der Waals surface area contributed by atoms with Gasteiger partial charge in [0.1, 0.15) is 22.8 Å². The fourth-order valence-electron chi connectivity index (χ4n) is 2.85. The molecule has 3 rings (SSSR count). The van der Waals surface area contributed by atoms with Gasteiger partial charge in [0.15, 0.2) is 5.71 Å². The maximum absolute atomic E-state index is 12.8. The highest BCUT2D eigenvalue weighted by Gasteiger charge is 2.53. The molecule has 2 aliphatic heterocycles. The second-order valence-corrected chi connectivity index (χ2v) is 10.1. The number of hydrogen-bond acceptors (Lipinski definition) is 12. The third-order valence-electron chi connectivity index (χ3n) is 4.57. The predicted molar refractivity (Wildman–Crippen MR) is 122 cm³/mol. The number of oxime groups is 1. The maximum atomic E-state index is 12.8. The molecule has 1 saturated heterocycles. The van der Waals surface area contributed by atoms with Crippen molar-refractivity contribution in [2.45, 2.75) is 32.2 Å². The lowest BCUT2D eigenvalue weighted by Gasteiger charge is -2.48. The molecule has 15 heteroatoms. The van der Waals surface area contributed by atoms with Crippen molar-refractivity contribution in [2.24, 2.45) is 10.6 Å². The van der Waals surface area contributed by atoms with Crippen molar-refractivity contribution in [3.8, 4) is 0 Å². The van der Waals surface area contributed by atoms with Crippen molar-refractivity contribution in [1.82, 2.24) is 15.2 Å². The van der Waals surface area contributed by atoms with Gasteiger partial charge in [-0.3, -0.25) is 19.3 Å². The predicted octanol–water partition coefficient (Wildman–Crippen LogP) is 0.322. The highest BCUT2D eigenvalue weighted by atomic mass is 32.2. The quantitative estimate of drug-likeness (QED) is 0.149. The fraction of sp³-hybridized carbons (Fsp3) is 0.450. The molecule has 0 aromatic carbocycles. The lowest BCUT2D eigenvalue weighted by Crippen LogP contribution is -2.70. The first kappa shape index (κ1) is 26.2. The highest BCUT2D eigenvalue weighted by Crippen LogP contribution is 2.37. The number of rotatable bonds is 9. The van der Waals surface area contributed by atoms with Crippen LogP contribution in [-0.4, -0.2) is 81.0 Å². The van der Waals surface area contributed by atoms with Gasteiger partial charge >= 0.3 is 17.9 Å². The van der Waals surface area contributed by atoms with Gasteiger partial charge in [-0.15, -0.1) is 23.1 Å². The molecule has 0 saturated carbocycles. The number of aromatic nitrogens is 1. The van der Waals surface area contributed by atoms with Crippen LogP contribution < -0.4 is 5.32 Å². The zero-order chi connectivity index (χ0) is 25.8. The Hall–Kier alpha value is -3.46. The third-order valence-corrected chi connectivity index (χ3v) is 6.34. The molecule has 1 fully saturated rings. The van der Waals surface area contributed by atoms with Gasteiger partial charge in [-0.25, -0.2) is 14.6 Å². The van der Waals surface area contributed by atoms with Crippen molar-refractivity contribution in [3.63, 3.8) is 0 Å². The number of thiazole rings is 1. The summed E-state index contributed by atoms with van der Waals surface area (Å²) in [6, 6.07) is -0.981. The monoisotopic (exact) mass is 526 g/mol. The number of fused-ring (bicyclic) bond motifs is 1. The molecule has 2 N–H and O–H groups in total. The van der Waals surface area contributed by atoms with Crippen LogP contribution in [0.2, 0.25) is 0 Å². The lowest BCUT2D eigenvalue weighted by atomic mass is 9.98. The third kappa shape index (κ3) is 6.16. The summed E-state index contributed by atoms with van der Waals surface area (Å²) in [5.41, 5.74) is 0.511. The molecule has 0 spiro atoms. The Labute approximate surface area is 207 Å². The van der Waals surface area contributed by atoms with Gasteiger partial charge < -0.3 is 24.7 Å². The van der Waals surface area contributed by atoms with E-state index in [0.717, 1.165) is 0 Å². The first-order chi connectivity index (χ1) is 16.5. The van der Waals surface area contributed by atoms with E-state index in [9.17, 15) is 24.0 Å². The zero-order valence-electron chi connectivity index (χ0n) is 18.9. The van der Waals surface area contributed by atoms with Crippen molar-refractivity contribution < 1.29 is 43.4 Å². The summed E-state index contributed by atoms with van der Waals surface area (Å²) in [4.78, 5) is 70.4. The number of ether oxygens (including phenoxy) is 2. The molecule has 1 aromatic heterocycles. The van der Waals surface area contributed by atoms with Crippen LogP contribution in [-0.2, 0) is 38.3 Å². The van der Waals surface area contributed by atoms with Crippen LogP contribution in [0.25, 0.3) is 0 Å². The molecule has 0 aliphatic carbocycles. The molecule has 3 heterocycles. The number of carboxylic acid groups (broad SMARTS) is 1. The molecule has 2 atom stereocenters. The van der Waals surface area contributed by atoms with Gasteiger partial charge in [0, 0.05) is 11.1 Å². The smallest absolute Gasteiger partial charge is 0.357 e. The molecule has 1 unspecified atom stereocenters. The summed E-state index contributed by atoms with van der Waals surface area (Å²) in [7, 11) is 0. The molecular formula is C20H22N4O9S2. The number of thioether (sulfide) groups is 1. The lowest BCUT2D eigenvalue weighted by molar-refractivity contribution is -0.173. The van der Waals surface area contributed by atoms with Gasteiger partial charge in [-0.2, -0.15) is 0 Å². The van der Waals surface area contributed by atoms with E-state index in [1.54, 1.807) is 20.8 Å². The minimum absolute atomic E-state index is 0.0192. The number of carbonyl (C=O) groups excluding carboxylic acids is 4. The molecule has 0 bridgehead atoms. The van der Waals surface area contributed by atoms with E-state index in [-0.39, 0.29) is 17.1 Å². The molecule has 13 nitrogen and oxygen atoms in total. The zero-order valence-corrected chi connectivity index (χ0v) is 20.5. The Morgan fingerprint density at radius 1 is 1.29 bits per heavy atom. The number of esters is 2. The number of carbonyl (C=O) groups is 5. The molecular weight excluding hydrogens is 504 g/mol. The standard InChI is InChI=1S/C20H22N4O9S2/c1-20(2,3)19(30)32-9-31-18(29)11-4-5-35-17-14(16(28)24(11)17)22-15(27)13(10-7-34-8-21-10)23-33-6-12(25)26/h4,7-8,14,17H,5-6,9H2,1-3H3,(H,22,27)(H,25,26)/b23-13-/t14?,17-/m1/s1. The van der Waals surface area contributed by atoms with Gasteiger partial charge in [-0.1, -0.05) is 5.16 Å². The van der Waals surface area contributed by atoms with Crippen molar-refractivity contribution in [2.75, 3.05) is 19.2 Å². The average Bonchev–Trinajstić information content (AvgIpc) is 3.32. The van der Waals surface area contributed by atoms with E-state index in [1.165, 1.54) is 45.0 Å². The SMILES string of the molecule is CC(C)(C)C(=O)OCOC(=O)C1=CCS[C@@H]2C(NC(=O)/C(=N\OCC(=O)O)c3cscn3)C(=O)N12. The topological polar surface area (TPSA) is 174 Å². The van der Waals surface area contributed by atoms with Crippen molar-refractivity contribution >= 4 is 58.5 Å². The molecule has 1 aromatic rings. The first-order valence-corrected chi connectivity index (χ1v) is 12.1. The van der Waals surface area contributed by atoms with Crippen LogP contribution in [0.1, 0.15) is 26.5 Å². The van der Waals surface area contributed by atoms with Gasteiger partial charge in [0.2, 0.25) is 13.4 Å². The number of nitrogens with zero attached hydrogens (tertiary/aromatic N) is 3. The summed E-state index contributed by atoms with van der Waals surface area (Å²) in [6.45, 7) is 3.59. The van der Waals surface area contributed by atoms with Gasteiger partial charge in [0.25, 0.3) is 11.8 Å². The van der Waals surface area contributed by atoms with Crippen molar-refractivity contribution in [1.29, 1.82) is 0 Å². The van der Waals surface area contributed by atoms with E-state index in [4.69, 9.17) is 14.6 Å². The molecule has 2 amide bonds. The van der Waals surface area contributed by atoms with E-state index in [2.05, 4.69) is 20.3 Å². The van der Waals surface area contributed by atoms with Crippen LogP contribution in [0, 0.1) is 5.41 Å². The summed E-state index contributed by atoms with van der Waals surface area (Å²) in [6.07, 6.45) is 1.51. The number of aliphatic carboxylic acids is 1. The van der Waals surface area contributed by atoms with Crippen molar-refractivity contribution in [3.05, 3.63) is 28.4 Å². The van der Waals surface area contributed by atoms with E-state index >= 15 is 0 Å².